The molecule has 96 valence electrons. The van der Waals surface area contributed by atoms with Gasteiger partial charge in [0.1, 0.15) is 5.60 Å². The summed E-state index contributed by atoms with van der Waals surface area (Å²) in [6.07, 6.45) is 0.346. The zero-order valence-corrected chi connectivity index (χ0v) is 10.2. The molecule has 0 aromatic rings. The zero-order valence-electron chi connectivity index (χ0n) is 10.2. The predicted molar refractivity (Wildman–Crippen MR) is 57.4 cm³/mol. The maximum absolute atomic E-state index is 11.9. The molecule has 2 atom stereocenters. The fourth-order valence-electron chi connectivity index (χ4n) is 2.17. The van der Waals surface area contributed by atoms with Crippen LogP contribution in [0.3, 0.4) is 0 Å². The van der Waals surface area contributed by atoms with Crippen molar-refractivity contribution in [1.82, 2.24) is 4.90 Å². The summed E-state index contributed by atoms with van der Waals surface area (Å²) < 4.78 is 10.5. The van der Waals surface area contributed by atoms with Crippen molar-refractivity contribution in [3.8, 4) is 0 Å². The highest BCUT2D eigenvalue weighted by Crippen LogP contribution is 2.43. The average molecular weight is 243 g/mol. The second kappa shape index (κ2) is 3.60. The second-order valence-corrected chi connectivity index (χ2v) is 5.45. The highest BCUT2D eigenvalue weighted by molar-refractivity contribution is 5.84. The lowest BCUT2D eigenvalue weighted by atomic mass is 9.89. The van der Waals surface area contributed by atoms with E-state index in [4.69, 9.17) is 9.47 Å². The lowest BCUT2D eigenvalue weighted by Gasteiger charge is -2.54. The fourth-order valence-corrected chi connectivity index (χ4v) is 2.17. The molecule has 0 radical (unpaired) electrons. The first-order chi connectivity index (χ1) is 7.74. The molecule has 2 bridgehead atoms. The molecule has 3 aliphatic heterocycles. The third kappa shape index (κ3) is 1.97. The van der Waals surface area contributed by atoms with Crippen molar-refractivity contribution in [3.05, 3.63) is 0 Å². The van der Waals surface area contributed by atoms with Crippen molar-refractivity contribution in [1.29, 1.82) is 0 Å². The van der Waals surface area contributed by atoms with Gasteiger partial charge in [0, 0.05) is 13.0 Å². The summed E-state index contributed by atoms with van der Waals surface area (Å²) in [5, 5.41) is 9.18. The van der Waals surface area contributed by atoms with Crippen LogP contribution in [-0.4, -0.2) is 46.0 Å². The van der Waals surface area contributed by atoms with Crippen LogP contribution in [0, 0.1) is 0 Å². The molecule has 17 heavy (non-hydrogen) atoms. The van der Waals surface area contributed by atoms with Crippen LogP contribution in [0.15, 0.2) is 0 Å². The number of fused-ring (bicyclic) bond motifs is 2. The lowest BCUT2D eigenvalue weighted by molar-refractivity contribution is -0.295. The van der Waals surface area contributed by atoms with Gasteiger partial charge in [0.2, 0.25) is 5.72 Å². The molecule has 0 spiro atoms. The number of carbonyl (C=O) groups excluding carboxylic acids is 1. The molecule has 3 rings (SSSR count). The minimum absolute atomic E-state index is 0.0372. The second-order valence-electron chi connectivity index (χ2n) is 5.45. The molecule has 1 amide bonds. The van der Waals surface area contributed by atoms with Gasteiger partial charge in [-0.3, -0.25) is 4.90 Å². The van der Waals surface area contributed by atoms with Gasteiger partial charge in [0.25, 0.3) is 0 Å². The van der Waals surface area contributed by atoms with Gasteiger partial charge in [-0.25, -0.2) is 9.59 Å². The predicted octanol–water partition coefficient (Wildman–Crippen LogP) is 1.20. The number of piperidine rings is 1. The zero-order chi connectivity index (χ0) is 12.8. The van der Waals surface area contributed by atoms with Crippen LogP contribution >= 0.6 is 0 Å². The summed E-state index contributed by atoms with van der Waals surface area (Å²) in [4.78, 5) is 24.3. The smallest absolute Gasteiger partial charge is 0.413 e. The summed E-state index contributed by atoms with van der Waals surface area (Å²) in [6, 6.07) is 0. The van der Waals surface area contributed by atoms with Crippen LogP contribution in [0.1, 0.15) is 33.6 Å². The quantitative estimate of drug-likeness (QED) is 0.748. The Labute approximate surface area is 99.5 Å². The molecule has 0 saturated carbocycles. The van der Waals surface area contributed by atoms with Crippen LogP contribution in [0.2, 0.25) is 0 Å². The number of rotatable bonds is 1. The average Bonchev–Trinajstić information content (AvgIpc) is 2.12. The minimum atomic E-state index is -1.49. The highest BCUT2D eigenvalue weighted by atomic mass is 16.6. The van der Waals surface area contributed by atoms with Gasteiger partial charge in [0.05, 0.1) is 6.10 Å². The van der Waals surface area contributed by atoms with Crippen molar-refractivity contribution in [3.63, 3.8) is 0 Å². The van der Waals surface area contributed by atoms with E-state index in [1.54, 1.807) is 20.8 Å². The number of nitrogens with zero attached hydrogens (tertiary/aromatic N) is 1. The van der Waals surface area contributed by atoms with Crippen LogP contribution in [0.4, 0.5) is 4.79 Å². The first-order valence-electron chi connectivity index (χ1n) is 5.66. The van der Waals surface area contributed by atoms with E-state index in [2.05, 4.69) is 0 Å². The van der Waals surface area contributed by atoms with Crippen molar-refractivity contribution in [2.45, 2.75) is 51.0 Å². The number of carboxylic acids is 1. The molecule has 0 aromatic heterocycles. The van der Waals surface area contributed by atoms with Gasteiger partial charge in [-0.1, -0.05) is 0 Å². The van der Waals surface area contributed by atoms with Crippen LogP contribution in [0.25, 0.3) is 0 Å². The molecule has 3 aliphatic rings. The molecule has 0 aliphatic carbocycles. The Morgan fingerprint density at radius 2 is 2.06 bits per heavy atom. The molecule has 3 heterocycles. The summed E-state index contributed by atoms with van der Waals surface area (Å²) in [7, 11) is 0. The first kappa shape index (κ1) is 12.2. The molecule has 6 heteroatoms. The summed E-state index contributed by atoms with van der Waals surface area (Å²) in [5.74, 6) is -1.13. The number of aliphatic carboxylic acids is 1. The van der Waals surface area contributed by atoms with Crippen LogP contribution in [-0.2, 0) is 14.3 Å². The summed E-state index contributed by atoms with van der Waals surface area (Å²) in [6.45, 7) is 5.60. The highest BCUT2D eigenvalue weighted by Gasteiger charge is 2.62. The first-order valence-corrected chi connectivity index (χ1v) is 5.66. The fraction of sp³-hybridized carbons (Fsp3) is 0.818. The molecule has 0 aromatic carbocycles. The molecule has 1 unspecified atom stereocenters. The number of ether oxygens (including phenoxy) is 2. The van der Waals surface area contributed by atoms with Gasteiger partial charge in [-0.2, -0.15) is 0 Å². The monoisotopic (exact) mass is 243 g/mol. The van der Waals surface area contributed by atoms with Crippen LogP contribution in [0.5, 0.6) is 0 Å². The number of hydrogen-bond donors (Lipinski definition) is 1. The normalized spacial score (nSPS) is 31.7. The number of carboxylic acid groups (broad SMARTS) is 1. The van der Waals surface area contributed by atoms with E-state index in [0.29, 0.717) is 19.4 Å². The topological polar surface area (TPSA) is 76.1 Å². The Balaban J connectivity index is 2.13. The third-order valence-electron chi connectivity index (χ3n) is 2.92. The Bertz CT molecular complexity index is 353. The maximum Gasteiger partial charge on any atom is 0.413 e. The van der Waals surface area contributed by atoms with Crippen molar-refractivity contribution in [2.24, 2.45) is 0 Å². The Hall–Kier alpha value is -1.30. The van der Waals surface area contributed by atoms with E-state index in [1.165, 1.54) is 4.90 Å². The van der Waals surface area contributed by atoms with Gasteiger partial charge < -0.3 is 14.6 Å². The van der Waals surface area contributed by atoms with E-state index in [9.17, 15) is 14.7 Å². The Morgan fingerprint density at radius 1 is 1.47 bits per heavy atom. The van der Waals surface area contributed by atoms with E-state index in [-0.39, 0.29) is 6.10 Å². The van der Waals surface area contributed by atoms with Crippen molar-refractivity contribution >= 4 is 12.1 Å². The van der Waals surface area contributed by atoms with Gasteiger partial charge >= 0.3 is 12.1 Å². The lowest BCUT2D eigenvalue weighted by Crippen LogP contribution is -2.72. The van der Waals surface area contributed by atoms with E-state index < -0.39 is 23.4 Å². The maximum atomic E-state index is 11.9. The summed E-state index contributed by atoms with van der Waals surface area (Å²) >= 11 is 0. The van der Waals surface area contributed by atoms with Gasteiger partial charge in [0.15, 0.2) is 0 Å². The Morgan fingerprint density at radius 3 is 2.53 bits per heavy atom. The number of carbonyl (C=O) groups is 2. The third-order valence-corrected chi connectivity index (χ3v) is 2.92. The van der Waals surface area contributed by atoms with Crippen LogP contribution < -0.4 is 0 Å². The van der Waals surface area contributed by atoms with E-state index >= 15 is 0 Å². The molecule has 3 fully saturated rings. The van der Waals surface area contributed by atoms with Crippen molar-refractivity contribution < 1.29 is 24.2 Å². The molecular formula is C11H17NO5. The summed E-state index contributed by atoms with van der Waals surface area (Å²) in [5.41, 5.74) is -2.14. The molecular weight excluding hydrogens is 226 g/mol. The van der Waals surface area contributed by atoms with Gasteiger partial charge in [-0.05, 0) is 27.2 Å². The molecule has 6 nitrogen and oxygen atoms in total. The largest absolute Gasteiger partial charge is 0.478 e. The molecule has 3 saturated heterocycles. The number of hydrogen-bond acceptors (Lipinski definition) is 4. The standard InChI is InChI=1S/C11H17NO5/c1-10(2,3)17-9(15)12-5-4-7-6-11(12,16-7)8(13)14/h7H,4-6H2,1-3H3,(H,13,14)/t7?,11-/m0/s1. The van der Waals surface area contributed by atoms with Gasteiger partial charge in [-0.15, -0.1) is 0 Å². The Kier molecular flexibility index (Phi) is 2.57. The minimum Gasteiger partial charge on any atom is -0.478 e. The van der Waals surface area contributed by atoms with E-state index in [0.717, 1.165) is 0 Å². The number of amides is 1. The SMILES string of the molecule is CC(C)(C)OC(=O)N1CCC2C[C@@]1(C(=O)O)O2. The van der Waals surface area contributed by atoms with E-state index in [1.807, 2.05) is 0 Å². The molecule has 1 N–H and O–H groups in total. The van der Waals surface area contributed by atoms with Crippen molar-refractivity contribution in [2.75, 3.05) is 6.54 Å².